The fourth-order valence-electron chi connectivity index (χ4n) is 4.90. The van der Waals surface area contributed by atoms with Gasteiger partial charge in [-0.3, -0.25) is 19.8 Å². The van der Waals surface area contributed by atoms with Gasteiger partial charge in [0.05, 0.1) is 6.42 Å². The van der Waals surface area contributed by atoms with Crippen molar-refractivity contribution in [2.24, 2.45) is 5.73 Å². The average molecular weight is 726 g/mol. The van der Waals surface area contributed by atoms with Crippen LogP contribution in [-0.4, -0.2) is 85.7 Å². The summed E-state index contributed by atoms with van der Waals surface area (Å²) in [5, 5.41) is 18.1. The van der Waals surface area contributed by atoms with Crippen LogP contribution in [0.5, 0.6) is 0 Å². The van der Waals surface area contributed by atoms with Crippen LogP contribution in [0.4, 0.5) is 9.59 Å². The number of unbranched alkanes of at least 4 members (excludes halogenated alkanes) is 2. The zero-order valence-electron chi connectivity index (χ0n) is 30.3. The molecule has 4 amide bonds. The van der Waals surface area contributed by atoms with Crippen molar-refractivity contribution in [1.82, 2.24) is 26.2 Å². The number of hydrogen-bond donors (Lipinski definition) is 6. The fraction of sp³-hybridized carbons (Fsp3) is 0.514. The topological polar surface area (TPSA) is 214 Å². The van der Waals surface area contributed by atoms with Crippen LogP contribution in [0, 0.1) is 5.41 Å². The Labute approximate surface area is 306 Å². The number of guanidine groups is 1. The smallest absolute Gasteiger partial charge is 0.410 e. The molecule has 2 atom stereocenters. The fourth-order valence-corrected chi connectivity index (χ4v) is 4.90. The van der Waals surface area contributed by atoms with Crippen molar-refractivity contribution in [3.8, 4) is 0 Å². The van der Waals surface area contributed by atoms with E-state index in [2.05, 4.69) is 21.3 Å². The van der Waals surface area contributed by atoms with Crippen LogP contribution in [0.1, 0.15) is 76.3 Å². The van der Waals surface area contributed by atoms with Gasteiger partial charge in [0.1, 0.15) is 25.4 Å². The van der Waals surface area contributed by atoms with Crippen LogP contribution in [0.3, 0.4) is 0 Å². The van der Waals surface area contributed by atoms with Gasteiger partial charge in [0.2, 0.25) is 11.8 Å². The maximum atomic E-state index is 13.0. The summed E-state index contributed by atoms with van der Waals surface area (Å²) in [5.74, 6) is -1.32. The molecule has 7 N–H and O–H groups in total. The molecule has 0 aliphatic rings. The zero-order chi connectivity index (χ0) is 38.0. The van der Waals surface area contributed by atoms with E-state index in [-0.39, 0.29) is 37.9 Å². The van der Waals surface area contributed by atoms with Crippen molar-refractivity contribution < 1.29 is 38.2 Å². The number of benzene rings is 2. The molecule has 0 fully saturated rings. The van der Waals surface area contributed by atoms with E-state index in [4.69, 9.17) is 25.4 Å². The third-order valence-corrected chi connectivity index (χ3v) is 7.74. The highest BCUT2D eigenvalue weighted by Crippen LogP contribution is 2.11. The monoisotopic (exact) mass is 725 g/mol. The summed E-state index contributed by atoms with van der Waals surface area (Å²) in [6.07, 6.45) is 1.83. The number of nitrogens with two attached hydrogens (primary N) is 1. The highest BCUT2D eigenvalue weighted by atomic mass is 16.6. The van der Waals surface area contributed by atoms with Crippen LogP contribution < -0.4 is 27.0 Å². The number of carbonyl (C=O) groups is 5. The third kappa shape index (κ3) is 19.7. The lowest BCUT2D eigenvalue weighted by Gasteiger charge is -2.22. The summed E-state index contributed by atoms with van der Waals surface area (Å²) in [6.45, 7) is 5.36. The third-order valence-electron chi connectivity index (χ3n) is 7.74. The van der Waals surface area contributed by atoms with E-state index >= 15 is 0 Å². The average Bonchev–Trinajstić information content (AvgIpc) is 3.13. The van der Waals surface area contributed by atoms with Gasteiger partial charge in [0, 0.05) is 39.1 Å². The molecule has 52 heavy (non-hydrogen) atoms. The van der Waals surface area contributed by atoms with Crippen LogP contribution in [0.2, 0.25) is 0 Å². The number of hydrogen-bond acceptors (Lipinski definition) is 9. The molecule has 0 aliphatic heterocycles. The molecule has 0 spiro atoms. The number of ether oxygens (including phenoxy) is 3. The molecule has 0 heterocycles. The van der Waals surface area contributed by atoms with Crippen LogP contribution in [0.25, 0.3) is 0 Å². The van der Waals surface area contributed by atoms with E-state index in [1.54, 1.807) is 18.7 Å². The lowest BCUT2D eigenvalue weighted by molar-refractivity contribution is -0.150. The number of nitrogens with zero attached hydrogens (tertiary/aromatic N) is 1. The molecule has 15 nitrogen and oxygen atoms in total. The first-order chi connectivity index (χ1) is 25.1. The van der Waals surface area contributed by atoms with E-state index < -0.39 is 36.2 Å². The Balaban J connectivity index is 1.76. The minimum atomic E-state index is -0.814. The SMILES string of the molecule is CCC(=O)OC(CCCCNC(=N)N)CC(=O)N[C@@H](C)C(=O)NCCCCN(CCCNC(=O)OCc1ccccc1)C(=O)OCc1ccccc1. The van der Waals surface area contributed by atoms with Gasteiger partial charge in [0.25, 0.3) is 0 Å². The van der Waals surface area contributed by atoms with E-state index in [1.165, 1.54) is 0 Å². The second-order valence-corrected chi connectivity index (χ2v) is 12.2. The quantitative estimate of drug-likeness (QED) is 0.0303. The van der Waals surface area contributed by atoms with Gasteiger partial charge >= 0.3 is 18.2 Å². The Morgan fingerprint density at radius 2 is 1.35 bits per heavy atom. The highest BCUT2D eigenvalue weighted by Gasteiger charge is 2.21. The number of rotatable bonds is 24. The maximum absolute atomic E-state index is 13.0. The molecule has 1 unspecified atom stereocenters. The Hall–Kier alpha value is -5.34. The van der Waals surface area contributed by atoms with Crippen molar-refractivity contribution in [2.75, 3.05) is 32.7 Å². The first kappa shape index (κ1) is 42.8. The molecule has 15 heteroatoms. The molecule has 2 aromatic rings. The Kier molecular flexibility index (Phi) is 21.1. The number of esters is 1. The predicted octanol–water partition coefficient (Wildman–Crippen LogP) is 3.71. The van der Waals surface area contributed by atoms with Gasteiger partial charge in [-0.25, -0.2) is 9.59 Å². The summed E-state index contributed by atoms with van der Waals surface area (Å²) in [5.41, 5.74) is 7.02. The van der Waals surface area contributed by atoms with E-state index in [0.29, 0.717) is 71.2 Å². The van der Waals surface area contributed by atoms with Crippen molar-refractivity contribution >= 4 is 35.9 Å². The molecule has 2 rings (SSSR count). The normalized spacial score (nSPS) is 11.7. The molecule has 2 aromatic carbocycles. The van der Waals surface area contributed by atoms with Gasteiger partial charge in [-0.05, 0) is 56.6 Å². The number of nitrogens with one attached hydrogen (secondary N) is 5. The lowest BCUT2D eigenvalue weighted by Crippen LogP contribution is -2.46. The van der Waals surface area contributed by atoms with Gasteiger partial charge in [-0.2, -0.15) is 0 Å². The second-order valence-electron chi connectivity index (χ2n) is 12.2. The summed E-state index contributed by atoms with van der Waals surface area (Å²) < 4.78 is 16.2. The molecule has 0 saturated heterocycles. The standard InChI is InChI=1S/C37H55N7O8/c1-3-33(46)52-31(19-10-11-21-41-35(38)39)25-32(45)43-28(2)34(47)40-20-12-13-23-44(37(49)51-27-30-17-8-5-9-18-30)24-14-22-42-36(48)50-26-29-15-6-4-7-16-29/h4-9,15-18,28,31H,3,10-14,19-27H2,1-2H3,(H,40,47)(H,42,48)(H,43,45)(H4,38,39,41)/t28-,31?/m0/s1. The first-order valence-electron chi connectivity index (χ1n) is 17.8. The largest absolute Gasteiger partial charge is 0.462 e. The molecule has 0 aliphatic carbocycles. The van der Waals surface area contributed by atoms with Gasteiger partial charge in [0.15, 0.2) is 5.96 Å². The Morgan fingerprint density at radius 1 is 0.769 bits per heavy atom. The Morgan fingerprint density at radius 3 is 1.98 bits per heavy atom. The van der Waals surface area contributed by atoms with Crippen molar-refractivity contribution in [3.63, 3.8) is 0 Å². The maximum Gasteiger partial charge on any atom is 0.410 e. The van der Waals surface area contributed by atoms with Crippen LogP contribution in [-0.2, 0) is 41.8 Å². The molecule has 0 bridgehead atoms. The van der Waals surface area contributed by atoms with E-state index in [9.17, 15) is 24.0 Å². The minimum Gasteiger partial charge on any atom is -0.462 e. The summed E-state index contributed by atoms with van der Waals surface area (Å²) in [4.78, 5) is 63.9. The summed E-state index contributed by atoms with van der Waals surface area (Å²) in [7, 11) is 0. The molecular weight excluding hydrogens is 670 g/mol. The molecule has 286 valence electrons. The van der Waals surface area contributed by atoms with Crippen molar-refractivity contribution in [2.45, 2.75) is 90.6 Å². The lowest BCUT2D eigenvalue weighted by atomic mass is 10.1. The van der Waals surface area contributed by atoms with Crippen LogP contribution >= 0.6 is 0 Å². The number of amides is 4. The highest BCUT2D eigenvalue weighted by molar-refractivity contribution is 5.87. The first-order valence-corrected chi connectivity index (χ1v) is 17.8. The van der Waals surface area contributed by atoms with Gasteiger partial charge in [-0.15, -0.1) is 0 Å². The minimum absolute atomic E-state index is 0.0793. The van der Waals surface area contributed by atoms with Gasteiger partial charge < -0.3 is 46.1 Å². The van der Waals surface area contributed by atoms with Gasteiger partial charge in [-0.1, -0.05) is 67.6 Å². The summed E-state index contributed by atoms with van der Waals surface area (Å²) in [6, 6.07) is 17.9. The zero-order valence-corrected chi connectivity index (χ0v) is 30.3. The molecular formula is C37H55N7O8. The van der Waals surface area contributed by atoms with Crippen molar-refractivity contribution in [1.29, 1.82) is 5.41 Å². The van der Waals surface area contributed by atoms with E-state index in [0.717, 1.165) is 11.1 Å². The second kappa shape index (κ2) is 25.6. The Bertz CT molecular complexity index is 1380. The number of carbonyl (C=O) groups excluding carboxylic acids is 5. The predicted molar refractivity (Wildman–Crippen MR) is 196 cm³/mol. The molecule has 0 saturated carbocycles. The van der Waals surface area contributed by atoms with E-state index in [1.807, 2.05) is 60.7 Å². The molecule has 0 radical (unpaired) electrons. The van der Waals surface area contributed by atoms with Crippen LogP contribution in [0.15, 0.2) is 60.7 Å². The summed E-state index contributed by atoms with van der Waals surface area (Å²) >= 11 is 0. The van der Waals surface area contributed by atoms with Crippen molar-refractivity contribution in [3.05, 3.63) is 71.8 Å². The number of alkyl carbamates (subject to hydrolysis) is 1. The molecule has 0 aromatic heterocycles.